The van der Waals surface area contributed by atoms with Crippen molar-refractivity contribution < 1.29 is 9.90 Å². The highest BCUT2D eigenvalue weighted by molar-refractivity contribution is 5.97. The predicted octanol–water partition coefficient (Wildman–Crippen LogP) is 2.00. The highest BCUT2D eigenvalue weighted by Crippen LogP contribution is 2.31. The topological polar surface area (TPSA) is 73.6 Å². The van der Waals surface area contributed by atoms with Crippen LogP contribution in [0.15, 0.2) is 18.2 Å². The van der Waals surface area contributed by atoms with Crippen LogP contribution in [0.3, 0.4) is 0 Å². The van der Waals surface area contributed by atoms with Crippen LogP contribution in [0, 0.1) is 11.8 Å². The summed E-state index contributed by atoms with van der Waals surface area (Å²) in [5, 5.41) is 13.3. The molecule has 3 aliphatic rings. The molecule has 0 spiro atoms. The summed E-state index contributed by atoms with van der Waals surface area (Å²) in [5.41, 5.74) is 2.60. The Morgan fingerprint density at radius 2 is 1.80 bits per heavy atom. The number of fused-ring (bicyclic) bond motifs is 1. The van der Waals surface area contributed by atoms with Crippen molar-refractivity contribution in [1.82, 2.24) is 19.8 Å². The zero-order valence-corrected chi connectivity index (χ0v) is 17.9. The molecule has 0 radical (unpaired) electrons. The molecule has 3 fully saturated rings. The van der Waals surface area contributed by atoms with E-state index in [1.165, 1.54) is 12.8 Å². The Kier molecular flexibility index (Phi) is 5.41. The van der Waals surface area contributed by atoms with Gasteiger partial charge in [0.2, 0.25) is 5.95 Å². The number of aryl methyl sites for hydroxylation is 1. The lowest BCUT2D eigenvalue weighted by Gasteiger charge is -2.37. The van der Waals surface area contributed by atoms with E-state index in [-0.39, 0.29) is 12.0 Å². The Bertz CT molecular complexity index is 912. The van der Waals surface area contributed by atoms with E-state index in [1.807, 2.05) is 30.1 Å². The number of likely N-dealkylation sites (tertiary alicyclic amines) is 1. The number of amides is 1. The fraction of sp³-hybridized carbons (Fsp3) is 0.652. The largest absolute Gasteiger partial charge is 0.391 e. The molecule has 2 aromatic rings. The number of nitrogens with zero attached hydrogens (tertiary/aromatic N) is 4. The number of carbonyl (C=O) groups excluding carboxylic acids is 1. The van der Waals surface area contributed by atoms with E-state index in [2.05, 4.69) is 14.8 Å². The Morgan fingerprint density at radius 3 is 2.50 bits per heavy atom. The number of imidazole rings is 1. The summed E-state index contributed by atoms with van der Waals surface area (Å²) < 4.78 is 2.06. The van der Waals surface area contributed by atoms with E-state index in [0.717, 1.165) is 86.4 Å². The van der Waals surface area contributed by atoms with Crippen LogP contribution in [0.4, 0.5) is 5.95 Å². The number of benzene rings is 1. The summed E-state index contributed by atoms with van der Waals surface area (Å²) in [4.78, 5) is 22.1. The minimum atomic E-state index is -0.283. The smallest absolute Gasteiger partial charge is 0.253 e. The molecule has 0 unspecified atom stereocenters. The average molecular weight is 412 g/mol. The third-order valence-electron chi connectivity index (χ3n) is 7.43. The summed E-state index contributed by atoms with van der Waals surface area (Å²) in [6.45, 7) is 5.46. The first-order valence-electron chi connectivity index (χ1n) is 11.5. The number of β-amino-alcohol motifs (C(OH)–C–C–N with tert-alkyl or cyclic N) is 1. The molecule has 0 aliphatic carbocycles. The van der Waals surface area contributed by atoms with E-state index >= 15 is 0 Å². The van der Waals surface area contributed by atoms with Crippen molar-refractivity contribution in [2.45, 2.75) is 38.2 Å². The molecule has 1 aromatic carbocycles. The molecule has 3 saturated heterocycles. The minimum absolute atomic E-state index is 0.129. The number of aliphatic hydroxyl groups is 1. The van der Waals surface area contributed by atoms with Gasteiger partial charge in [0.15, 0.2) is 0 Å². The van der Waals surface area contributed by atoms with Crippen LogP contribution in [-0.4, -0.2) is 70.8 Å². The van der Waals surface area contributed by atoms with Crippen LogP contribution in [-0.2, 0) is 7.05 Å². The van der Waals surface area contributed by atoms with Crippen LogP contribution in [0.2, 0.25) is 0 Å². The Labute approximate surface area is 178 Å². The van der Waals surface area contributed by atoms with Gasteiger partial charge < -0.3 is 24.8 Å². The van der Waals surface area contributed by atoms with Gasteiger partial charge in [-0.25, -0.2) is 4.98 Å². The molecular weight excluding hydrogens is 378 g/mol. The van der Waals surface area contributed by atoms with Crippen molar-refractivity contribution in [2.24, 2.45) is 18.9 Å². The molecule has 0 saturated carbocycles. The number of anilines is 1. The fourth-order valence-electron chi connectivity index (χ4n) is 5.60. The van der Waals surface area contributed by atoms with Gasteiger partial charge in [0.25, 0.3) is 5.91 Å². The second kappa shape index (κ2) is 8.19. The molecule has 1 amide bonds. The fourth-order valence-corrected chi connectivity index (χ4v) is 5.60. The van der Waals surface area contributed by atoms with E-state index in [9.17, 15) is 9.90 Å². The van der Waals surface area contributed by atoms with Crippen molar-refractivity contribution >= 4 is 22.9 Å². The number of rotatable bonds is 3. The number of nitrogens with one attached hydrogen (secondary N) is 1. The summed E-state index contributed by atoms with van der Waals surface area (Å²) >= 11 is 0. The summed E-state index contributed by atoms with van der Waals surface area (Å²) in [6, 6.07) is 5.88. The van der Waals surface area contributed by atoms with Gasteiger partial charge in [-0.3, -0.25) is 4.79 Å². The van der Waals surface area contributed by atoms with Gasteiger partial charge in [-0.1, -0.05) is 0 Å². The van der Waals surface area contributed by atoms with Crippen LogP contribution in [0.25, 0.3) is 11.0 Å². The number of piperidine rings is 2. The molecule has 162 valence electrons. The standard InChI is InChI=1S/C23H33N5O2/c1-26-21-3-2-18(14-20(21)25-23(26)28-13-8-19(29)15-28)22(30)27-11-6-17(7-12-27)16-4-9-24-10-5-16/h2-3,14,16-17,19,24,29H,4-13,15H2,1H3/t19-/m0/s1. The van der Waals surface area contributed by atoms with Crippen LogP contribution < -0.4 is 10.2 Å². The van der Waals surface area contributed by atoms with E-state index in [1.54, 1.807) is 0 Å². The predicted molar refractivity (Wildman–Crippen MR) is 118 cm³/mol. The van der Waals surface area contributed by atoms with E-state index in [4.69, 9.17) is 4.98 Å². The van der Waals surface area contributed by atoms with E-state index < -0.39 is 0 Å². The van der Waals surface area contributed by atoms with Crippen molar-refractivity contribution in [1.29, 1.82) is 0 Å². The maximum absolute atomic E-state index is 13.2. The van der Waals surface area contributed by atoms with Gasteiger partial charge in [0.1, 0.15) is 0 Å². The first-order chi connectivity index (χ1) is 14.6. The maximum Gasteiger partial charge on any atom is 0.253 e. The van der Waals surface area contributed by atoms with Gasteiger partial charge in [-0.2, -0.15) is 0 Å². The Balaban J connectivity index is 1.28. The molecule has 30 heavy (non-hydrogen) atoms. The van der Waals surface area contributed by atoms with Crippen LogP contribution >= 0.6 is 0 Å². The average Bonchev–Trinajstić information content (AvgIpc) is 3.36. The Hall–Kier alpha value is -2.12. The second-order valence-corrected chi connectivity index (χ2v) is 9.28. The SMILES string of the molecule is Cn1c(N2CC[C@H](O)C2)nc2cc(C(=O)N3CCC(C4CCNCC4)CC3)ccc21. The van der Waals surface area contributed by atoms with Crippen molar-refractivity contribution in [2.75, 3.05) is 44.2 Å². The molecule has 1 atom stereocenters. The molecular formula is C23H33N5O2. The Morgan fingerprint density at radius 1 is 1.07 bits per heavy atom. The van der Waals surface area contributed by atoms with Gasteiger partial charge in [-0.05, 0) is 75.2 Å². The lowest BCUT2D eigenvalue weighted by Crippen LogP contribution is -2.42. The summed E-state index contributed by atoms with van der Waals surface area (Å²) in [5.74, 6) is 2.60. The second-order valence-electron chi connectivity index (χ2n) is 9.28. The van der Waals surface area contributed by atoms with Crippen LogP contribution in [0.5, 0.6) is 0 Å². The first kappa shape index (κ1) is 19.8. The number of aromatic nitrogens is 2. The van der Waals surface area contributed by atoms with Gasteiger partial charge in [-0.15, -0.1) is 0 Å². The lowest BCUT2D eigenvalue weighted by molar-refractivity contribution is 0.0642. The van der Waals surface area contributed by atoms with Gasteiger partial charge >= 0.3 is 0 Å². The third kappa shape index (κ3) is 3.69. The molecule has 7 nitrogen and oxygen atoms in total. The van der Waals surface area contributed by atoms with Crippen molar-refractivity contribution in [3.63, 3.8) is 0 Å². The third-order valence-corrected chi connectivity index (χ3v) is 7.43. The number of hydrogen-bond acceptors (Lipinski definition) is 5. The van der Waals surface area contributed by atoms with Crippen molar-refractivity contribution in [3.05, 3.63) is 23.8 Å². The monoisotopic (exact) mass is 411 g/mol. The van der Waals surface area contributed by atoms with Gasteiger partial charge in [0, 0.05) is 38.8 Å². The maximum atomic E-state index is 13.2. The zero-order valence-electron chi connectivity index (χ0n) is 17.9. The quantitative estimate of drug-likeness (QED) is 0.808. The zero-order chi connectivity index (χ0) is 20.7. The molecule has 4 heterocycles. The summed E-state index contributed by atoms with van der Waals surface area (Å²) in [6.07, 6.45) is 5.32. The molecule has 2 N–H and O–H groups in total. The van der Waals surface area contributed by atoms with E-state index in [0.29, 0.717) is 6.54 Å². The molecule has 7 heteroatoms. The molecule has 3 aliphatic heterocycles. The van der Waals surface area contributed by atoms with Crippen molar-refractivity contribution in [3.8, 4) is 0 Å². The minimum Gasteiger partial charge on any atom is -0.391 e. The molecule has 5 rings (SSSR count). The normalized spacial score (nSPS) is 24.1. The first-order valence-corrected chi connectivity index (χ1v) is 11.5. The number of carbonyl (C=O) groups is 1. The highest BCUT2D eigenvalue weighted by Gasteiger charge is 2.30. The van der Waals surface area contributed by atoms with Crippen LogP contribution in [0.1, 0.15) is 42.5 Å². The molecule has 0 bridgehead atoms. The lowest BCUT2D eigenvalue weighted by atomic mass is 9.79. The number of hydrogen-bond donors (Lipinski definition) is 2. The highest BCUT2D eigenvalue weighted by atomic mass is 16.3. The van der Waals surface area contributed by atoms with Gasteiger partial charge in [0.05, 0.1) is 17.1 Å². The molecule has 1 aromatic heterocycles. The summed E-state index contributed by atoms with van der Waals surface area (Å²) in [7, 11) is 2.00. The number of aliphatic hydroxyl groups excluding tert-OH is 1.